The Hall–Kier alpha value is -0.660. The van der Waals surface area contributed by atoms with E-state index in [0.29, 0.717) is 19.5 Å². The Labute approximate surface area is 110 Å². The molecule has 0 aromatic rings. The van der Waals surface area contributed by atoms with Crippen LogP contribution < -0.4 is 10.5 Å². The van der Waals surface area contributed by atoms with Crippen LogP contribution in [0.15, 0.2) is 0 Å². The van der Waals surface area contributed by atoms with Gasteiger partial charge in [0.05, 0.1) is 5.84 Å². The van der Waals surface area contributed by atoms with Gasteiger partial charge in [-0.3, -0.25) is 5.41 Å². The summed E-state index contributed by atoms with van der Waals surface area (Å²) in [6.07, 6.45) is 4.93. The van der Waals surface area contributed by atoms with E-state index in [1.54, 1.807) is 0 Å². The van der Waals surface area contributed by atoms with Crippen molar-refractivity contribution in [2.45, 2.75) is 51.5 Å². The summed E-state index contributed by atoms with van der Waals surface area (Å²) >= 11 is 0. The van der Waals surface area contributed by atoms with Gasteiger partial charge in [0.2, 0.25) is 0 Å². The lowest BCUT2D eigenvalue weighted by Crippen LogP contribution is -2.46. The second kappa shape index (κ2) is 7.06. The van der Waals surface area contributed by atoms with Gasteiger partial charge in [-0.15, -0.1) is 0 Å². The van der Waals surface area contributed by atoms with Gasteiger partial charge in [-0.1, -0.05) is 19.8 Å². The minimum absolute atomic E-state index is 0.0143. The first kappa shape index (κ1) is 15.4. The zero-order valence-corrected chi connectivity index (χ0v) is 11.8. The highest BCUT2D eigenvalue weighted by atomic mass is 32.2. The molecule has 1 fully saturated rings. The molecule has 106 valence electrons. The van der Waals surface area contributed by atoms with Crippen LogP contribution in [0.3, 0.4) is 0 Å². The van der Waals surface area contributed by atoms with Crippen molar-refractivity contribution < 1.29 is 8.42 Å². The first-order valence-corrected chi connectivity index (χ1v) is 8.00. The molecule has 4 N–H and O–H groups in total. The fourth-order valence-electron chi connectivity index (χ4n) is 2.10. The summed E-state index contributed by atoms with van der Waals surface area (Å²) in [6, 6.07) is -0.282. The van der Waals surface area contributed by atoms with Gasteiger partial charge in [0.25, 0.3) is 10.2 Å². The van der Waals surface area contributed by atoms with Crippen molar-refractivity contribution in [1.29, 1.82) is 5.41 Å². The molecule has 1 heterocycles. The Balaban J connectivity index is 2.63. The molecule has 0 radical (unpaired) electrons. The molecule has 1 atom stereocenters. The Bertz CT molecular complexity index is 361. The quantitative estimate of drug-likeness (QED) is 0.494. The van der Waals surface area contributed by atoms with Gasteiger partial charge in [-0.05, 0) is 19.3 Å². The van der Waals surface area contributed by atoms with Crippen LogP contribution in [0, 0.1) is 5.41 Å². The predicted octanol–water partition coefficient (Wildman–Crippen LogP) is 0.801. The smallest absolute Gasteiger partial charge is 0.279 e. The average Bonchev–Trinajstić information content (AvgIpc) is 2.56. The highest BCUT2D eigenvalue weighted by molar-refractivity contribution is 7.87. The number of rotatable bonds is 6. The largest absolute Gasteiger partial charge is 0.388 e. The van der Waals surface area contributed by atoms with E-state index in [1.165, 1.54) is 4.31 Å². The molecule has 0 aromatic heterocycles. The second-order valence-electron chi connectivity index (χ2n) is 4.77. The minimum atomic E-state index is -3.43. The number of hydrogen-bond donors (Lipinski definition) is 3. The van der Waals surface area contributed by atoms with Gasteiger partial charge in [0, 0.05) is 25.6 Å². The summed E-state index contributed by atoms with van der Waals surface area (Å²) in [5.41, 5.74) is 5.33. The van der Waals surface area contributed by atoms with Gasteiger partial charge in [-0.2, -0.15) is 17.4 Å². The lowest BCUT2D eigenvalue weighted by atomic mass is 10.1. The molecule has 1 unspecified atom stereocenters. The van der Waals surface area contributed by atoms with E-state index in [1.807, 2.05) is 6.92 Å². The molecule has 1 saturated heterocycles. The highest BCUT2D eigenvalue weighted by Gasteiger charge is 2.25. The summed E-state index contributed by atoms with van der Waals surface area (Å²) in [6.45, 7) is 3.07. The van der Waals surface area contributed by atoms with Crippen molar-refractivity contribution in [3.8, 4) is 0 Å². The maximum atomic E-state index is 12.2. The average molecular weight is 276 g/mol. The van der Waals surface area contributed by atoms with Gasteiger partial charge in [-0.25, -0.2) is 0 Å². The third-order valence-corrected chi connectivity index (χ3v) is 4.86. The Morgan fingerprint density at radius 3 is 2.33 bits per heavy atom. The number of nitrogens with one attached hydrogen (secondary N) is 2. The molecular weight excluding hydrogens is 252 g/mol. The summed E-state index contributed by atoms with van der Waals surface area (Å²) in [7, 11) is -3.43. The number of nitrogens with zero attached hydrogens (tertiary/aromatic N) is 1. The zero-order chi connectivity index (χ0) is 13.6. The fraction of sp³-hybridized carbons (Fsp3) is 0.909. The predicted molar refractivity (Wildman–Crippen MR) is 72.7 cm³/mol. The first-order chi connectivity index (χ1) is 8.45. The van der Waals surface area contributed by atoms with Crippen LogP contribution in [-0.2, 0) is 10.2 Å². The van der Waals surface area contributed by atoms with Crippen LogP contribution in [0.25, 0.3) is 0 Å². The molecule has 1 rings (SSSR count). The molecule has 0 saturated carbocycles. The van der Waals surface area contributed by atoms with Crippen molar-refractivity contribution in [2.75, 3.05) is 13.1 Å². The zero-order valence-electron chi connectivity index (χ0n) is 11.0. The van der Waals surface area contributed by atoms with E-state index in [4.69, 9.17) is 11.1 Å². The monoisotopic (exact) mass is 276 g/mol. The van der Waals surface area contributed by atoms with E-state index >= 15 is 0 Å². The van der Waals surface area contributed by atoms with E-state index in [9.17, 15) is 8.42 Å². The van der Waals surface area contributed by atoms with Crippen molar-refractivity contribution in [2.24, 2.45) is 5.73 Å². The summed E-state index contributed by atoms with van der Waals surface area (Å²) in [5, 5.41) is 7.24. The van der Waals surface area contributed by atoms with Crippen molar-refractivity contribution in [1.82, 2.24) is 9.03 Å². The van der Waals surface area contributed by atoms with Crippen molar-refractivity contribution in [3.05, 3.63) is 0 Å². The third-order valence-electron chi connectivity index (χ3n) is 3.18. The molecule has 1 aliphatic heterocycles. The van der Waals surface area contributed by atoms with E-state index in [-0.39, 0.29) is 18.3 Å². The normalized spacial score (nSPS) is 20.3. The maximum Gasteiger partial charge on any atom is 0.279 e. The van der Waals surface area contributed by atoms with Crippen LogP contribution in [0.4, 0.5) is 0 Å². The Kier molecular flexibility index (Phi) is 6.04. The van der Waals surface area contributed by atoms with Gasteiger partial charge < -0.3 is 5.73 Å². The second-order valence-corrected chi connectivity index (χ2v) is 6.47. The molecule has 18 heavy (non-hydrogen) atoms. The first-order valence-electron chi connectivity index (χ1n) is 6.56. The Morgan fingerprint density at radius 2 is 1.89 bits per heavy atom. The summed E-state index contributed by atoms with van der Waals surface area (Å²) < 4.78 is 28.6. The van der Waals surface area contributed by atoms with E-state index in [2.05, 4.69) is 4.72 Å². The Morgan fingerprint density at radius 1 is 1.33 bits per heavy atom. The van der Waals surface area contributed by atoms with Crippen LogP contribution in [0.5, 0.6) is 0 Å². The molecule has 0 amide bonds. The summed E-state index contributed by atoms with van der Waals surface area (Å²) in [4.78, 5) is 0. The molecule has 0 bridgehead atoms. The topological polar surface area (TPSA) is 99.3 Å². The van der Waals surface area contributed by atoms with Gasteiger partial charge in [0.1, 0.15) is 0 Å². The SMILES string of the molecule is CCC(CC(=N)N)NS(=O)(=O)N1CCCCCC1. The fourth-order valence-corrected chi connectivity index (χ4v) is 3.66. The molecule has 7 heteroatoms. The maximum absolute atomic E-state index is 12.2. The molecule has 6 nitrogen and oxygen atoms in total. The van der Waals surface area contributed by atoms with Gasteiger partial charge >= 0.3 is 0 Å². The summed E-state index contributed by atoms with van der Waals surface area (Å²) in [5.74, 6) is 0.0143. The van der Waals surface area contributed by atoms with Gasteiger partial charge in [0.15, 0.2) is 0 Å². The van der Waals surface area contributed by atoms with Crippen molar-refractivity contribution in [3.63, 3.8) is 0 Å². The standard InChI is InChI=1S/C11H24N4O2S/c1-2-10(9-11(12)13)14-18(16,17)15-7-5-3-4-6-8-15/h10,14H,2-9H2,1H3,(H3,12,13). The third kappa shape index (κ3) is 4.91. The molecule has 1 aliphatic rings. The highest BCUT2D eigenvalue weighted by Crippen LogP contribution is 2.13. The molecule has 0 spiro atoms. The molecule has 0 aliphatic carbocycles. The van der Waals surface area contributed by atoms with Crippen LogP contribution >= 0.6 is 0 Å². The minimum Gasteiger partial charge on any atom is -0.388 e. The number of amidine groups is 1. The number of hydrogen-bond acceptors (Lipinski definition) is 3. The molecule has 0 aromatic carbocycles. The lowest BCUT2D eigenvalue weighted by Gasteiger charge is -2.24. The van der Waals surface area contributed by atoms with E-state index < -0.39 is 10.2 Å². The van der Waals surface area contributed by atoms with Crippen molar-refractivity contribution >= 4 is 16.0 Å². The van der Waals surface area contributed by atoms with Crippen LogP contribution in [-0.4, -0.2) is 37.7 Å². The van der Waals surface area contributed by atoms with Crippen LogP contribution in [0.1, 0.15) is 45.4 Å². The number of nitrogens with two attached hydrogens (primary N) is 1. The molecular formula is C11H24N4O2S. The van der Waals surface area contributed by atoms with E-state index in [0.717, 1.165) is 25.7 Å². The van der Waals surface area contributed by atoms with Crippen LogP contribution in [0.2, 0.25) is 0 Å². The lowest BCUT2D eigenvalue weighted by molar-refractivity contribution is 0.406.